The van der Waals surface area contributed by atoms with Crippen LogP contribution in [-0.4, -0.2) is 34.2 Å². The average Bonchev–Trinajstić information content (AvgIpc) is 3.08. The largest absolute Gasteiger partial charge is 0.463 e. The quantitative estimate of drug-likeness (QED) is 0.734. The molecule has 2 amide bonds. The number of urea groups is 1. The summed E-state index contributed by atoms with van der Waals surface area (Å²) in [7, 11) is 0. The number of aromatic nitrogens is 2. The molecule has 9 heteroatoms. The highest BCUT2D eigenvalue weighted by atomic mass is 32.1. The van der Waals surface area contributed by atoms with Crippen LogP contribution in [0.2, 0.25) is 0 Å². The molecular weight excluding hydrogens is 368 g/mol. The first-order valence-corrected chi connectivity index (χ1v) is 9.75. The highest BCUT2D eigenvalue weighted by Crippen LogP contribution is 2.22. The Morgan fingerprint density at radius 2 is 2.11 bits per heavy atom. The maximum absolute atomic E-state index is 12.8. The molecule has 0 aromatic carbocycles. The lowest BCUT2D eigenvalue weighted by atomic mass is 10.00. The van der Waals surface area contributed by atoms with Gasteiger partial charge in [-0.05, 0) is 25.8 Å². The van der Waals surface area contributed by atoms with Crippen molar-refractivity contribution >= 4 is 33.6 Å². The molecule has 3 heterocycles. The number of ether oxygens (including phenoxy) is 1. The van der Waals surface area contributed by atoms with Gasteiger partial charge in [-0.1, -0.05) is 13.8 Å². The Labute approximate surface area is 160 Å². The maximum Gasteiger partial charge on any atom is 0.337 e. The number of nitrogens with one attached hydrogen (secondary N) is 2. The van der Waals surface area contributed by atoms with Gasteiger partial charge in [-0.2, -0.15) is 0 Å². The summed E-state index contributed by atoms with van der Waals surface area (Å²) in [5, 5.41) is 5.92. The van der Waals surface area contributed by atoms with E-state index in [0.717, 1.165) is 11.3 Å². The second kappa shape index (κ2) is 7.91. The Balaban J connectivity index is 2.05. The number of thiophene rings is 1. The van der Waals surface area contributed by atoms with Crippen molar-refractivity contribution in [1.29, 1.82) is 0 Å². The van der Waals surface area contributed by atoms with E-state index in [9.17, 15) is 14.4 Å². The van der Waals surface area contributed by atoms with Gasteiger partial charge < -0.3 is 15.4 Å². The molecule has 0 spiro atoms. The predicted octanol–water partition coefficient (Wildman–Crippen LogP) is 1.93. The molecule has 2 N–H and O–H groups in total. The van der Waals surface area contributed by atoms with E-state index < -0.39 is 18.0 Å². The van der Waals surface area contributed by atoms with E-state index in [4.69, 9.17) is 4.74 Å². The molecule has 0 aliphatic carbocycles. The summed E-state index contributed by atoms with van der Waals surface area (Å²) in [5.41, 5.74) is 0.497. The fourth-order valence-corrected chi connectivity index (χ4v) is 3.98. The fraction of sp³-hybridized carbons (Fsp3) is 0.444. The molecule has 0 bridgehead atoms. The van der Waals surface area contributed by atoms with Crippen molar-refractivity contribution < 1.29 is 14.3 Å². The molecule has 1 atom stereocenters. The van der Waals surface area contributed by atoms with Crippen LogP contribution < -0.4 is 16.2 Å². The Morgan fingerprint density at radius 3 is 2.78 bits per heavy atom. The van der Waals surface area contributed by atoms with Gasteiger partial charge in [-0.15, -0.1) is 11.3 Å². The van der Waals surface area contributed by atoms with E-state index in [1.807, 2.05) is 19.9 Å². The first-order chi connectivity index (χ1) is 13.0. The molecule has 3 rings (SSSR count). The summed E-state index contributed by atoms with van der Waals surface area (Å²) in [4.78, 5) is 43.4. The summed E-state index contributed by atoms with van der Waals surface area (Å²) in [6.07, 6.45) is 2.81. The average molecular weight is 390 g/mol. The van der Waals surface area contributed by atoms with Crippen LogP contribution in [0.5, 0.6) is 0 Å². The fourth-order valence-electron chi connectivity index (χ4n) is 3.05. The molecule has 0 fully saturated rings. The number of allylic oxidation sites excluding steroid dienone is 1. The monoisotopic (exact) mass is 390 g/mol. The third-order valence-electron chi connectivity index (χ3n) is 4.39. The number of aryl methyl sites for hydroxylation is 1. The number of carbonyl (C=O) groups excluding carboxylic acids is 2. The minimum Gasteiger partial charge on any atom is -0.463 e. The molecular formula is C18H22N4O4S. The van der Waals surface area contributed by atoms with Gasteiger partial charge in [0.25, 0.3) is 5.56 Å². The highest BCUT2D eigenvalue weighted by molar-refractivity contribution is 7.18. The van der Waals surface area contributed by atoms with Gasteiger partial charge in [0.05, 0.1) is 42.2 Å². The van der Waals surface area contributed by atoms with Gasteiger partial charge in [0.15, 0.2) is 0 Å². The van der Waals surface area contributed by atoms with E-state index in [1.54, 1.807) is 6.92 Å². The number of hydrogen-bond donors (Lipinski definition) is 2. The smallest absolute Gasteiger partial charge is 0.337 e. The summed E-state index contributed by atoms with van der Waals surface area (Å²) >= 11 is 1.49. The zero-order valence-electron chi connectivity index (χ0n) is 15.5. The topological polar surface area (TPSA) is 102 Å². The molecule has 0 unspecified atom stereocenters. The van der Waals surface area contributed by atoms with Crippen LogP contribution in [0.15, 0.2) is 28.5 Å². The van der Waals surface area contributed by atoms with Crippen molar-refractivity contribution in [3.05, 3.63) is 38.9 Å². The van der Waals surface area contributed by atoms with E-state index in [0.29, 0.717) is 27.9 Å². The van der Waals surface area contributed by atoms with Gasteiger partial charge in [-0.3, -0.25) is 9.36 Å². The Morgan fingerprint density at radius 1 is 1.33 bits per heavy atom. The molecule has 1 aliphatic rings. The zero-order valence-corrected chi connectivity index (χ0v) is 16.3. The Bertz CT molecular complexity index is 975. The third kappa shape index (κ3) is 3.73. The van der Waals surface area contributed by atoms with Gasteiger partial charge in [0.2, 0.25) is 0 Å². The number of esters is 1. The van der Waals surface area contributed by atoms with E-state index in [2.05, 4.69) is 15.6 Å². The lowest BCUT2D eigenvalue weighted by molar-refractivity contribution is -0.139. The molecule has 0 saturated heterocycles. The van der Waals surface area contributed by atoms with Crippen molar-refractivity contribution in [2.24, 2.45) is 0 Å². The van der Waals surface area contributed by atoms with Crippen LogP contribution in [0, 0.1) is 0 Å². The van der Waals surface area contributed by atoms with Crippen molar-refractivity contribution in [2.75, 3.05) is 6.61 Å². The van der Waals surface area contributed by atoms with Crippen LogP contribution >= 0.6 is 11.3 Å². The normalized spacial score (nSPS) is 17.0. The number of rotatable bonds is 6. The first kappa shape index (κ1) is 19.1. The molecule has 0 saturated carbocycles. The van der Waals surface area contributed by atoms with Crippen LogP contribution in [-0.2, 0) is 22.5 Å². The summed E-state index contributed by atoms with van der Waals surface area (Å²) in [6, 6.07) is 0.978. The van der Waals surface area contributed by atoms with Crippen molar-refractivity contribution in [3.8, 4) is 0 Å². The SMILES string of the molecule is CCOC(=O)C1=C(Cn2cnc3sc(CC)cc3c2=O)NC(=O)N[C@H]1CC. The number of fused-ring (bicyclic) bond motifs is 1. The van der Waals surface area contributed by atoms with Crippen molar-refractivity contribution in [1.82, 2.24) is 20.2 Å². The van der Waals surface area contributed by atoms with E-state index in [1.165, 1.54) is 22.2 Å². The van der Waals surface area contributed by atoms with E-state index >= 15 is 0 Å². The summed E-state index contributed by atoms with van der Waals surface area (Å²) in [6.45, 7) is 5.87. The molecule has 8 nitrogen and oxygen atoms in total. The summed E-state index contributed by atoms with van der Waals surface area (Å²) < 4.78 is 6.55. The zero-order chi connectivity index (χ0) is 19.6. The van der Waals surface area contributed by atoms with Crippen molar-refractivity contribution in [2.45, 2.75) is 46.2 Å². The third-order valence-corrected chi connectivity index (χ3v) is 5.58. The molecule has 0 radical (unpaired) electrons. The predicted molar refractivity (Wildman–Crippen MR) is 103 cm³/mol. The second-order valence-electron chi connectivity index (χ2n) is 6.13. The van der Waals surface area contributed by atoms with Crippen LogP contribution in [0.1, 0.15) is 32.1 Å². The van der Waals surface area contributed by atoms with Crippen molar-refractivity contribution in [3.63, 3.8) is 0 Å². The van der Waals surface area contributed by atoms with Gasteiger partial charge in [0.1, 0.15) is 4.83 Å². The van der Waals surface area contributed by atoms with Crippen LogP contribution in [0.25, 0.3) is 10.2 Å². The molecule has 144 valence electrons. The Hall–Kier alpha value is -2.68. The lowest BCUT2D eigenvalue weighted by Crippen LogP contribution is -2.51. The van der Waals surface area contributed by atoms with Gasteiger partial charge in [-0.25, -0.2) is 14.6 Å². The number of nitrogens with zero attached hydrogens (tertiary/aromatic N) is 2. The Kier molecular flexibility index (Phi) is 5.59. The minimum absolute atomic E-state index is 0.0388. The highest BCUT2D eigenvalue weighted by Gasteiger charge is 2.31. The van der Waals surface area contributed by atoms with Crippen LogP contribution in [0.3, 0.4) is 0 Å². The van der Waals surface area contributed by atoms with E-state index in [-0.39, 0.29) is 18.7 Å². The van der Waals surface area contributed by atoms with Gasteiger partial charge >= 0.3 is 12.0 Å². The first-order valence-electron chi connectivity index (χ1n) is 8.93. The molecule has 1 aliphatic heterocycles. The number of carbonyl (C=O) groups is 2. The number of hydrogen-bond acceptors (Lipinski definition) is 6. The second-order valence-corrected chi connectivity index (χ2v) is 7.25. The maximum atomic E-state index is 12.8. The molecule has 27 heavy (non-hydrogen) atoms. The minimum atomic E-state index is -0.502. The molecule has 2 aromatic rings. The standard InChI is InChI=1S/C18H22N4O4S/c1-4-10-7-11-15(27-10)19-9-22(16(11)23)8-13-14(17(24)26-6-3)12(5-2)20-18(25)21-13/h7,9,12H,4-6,8H2,1-3H3,(H2,20,21,25)/t12-/m0/s1. The molecule has 2 aromatic heterocycles. The van der Waals surface area contributed by atoms with Crippen LogP contribution in [0.4, 0.5) is 4.79 Å². The van der Waals surface area contributed by atoms with Gasteiger partial charge in [0, 0.05) is 4.88 Å². The number of amides is 2. The summed E-state index contributed by atoms with van der Waals surface area (Å²) in [5.74, 6) is -0.502. The lowest BCUT2D eigenvalue weighted by Gasteiger charge is -2.28.